The number of hydrogen-bond acceptors (Lipinski definition) is 2. The molecule has 0 amide bonds. The third-order valence-electron chi connectivity index (χ3n) is 2.11. The Morgan fingerprint density at radius 1 is 1.50 bits per heavy atom. The highest BCUT2D eigenvalue weighted by atomic mass is 35.5. The van der Waals surface area contributed by atoms with Gasteiger partial charge in [-0.1, -0.05) is 11.6 Å². The Morgan fingerprint density at radius 2 is 2.07 bits per heavy atom. The van der Waals surface area contributed by atoms with Gasteiger partial charge in [0.25, 0.3) is 0 Å². The average Bonchev–Trinajstić information content (AvgIpc) is 2.14. The molecule has 0 atom stereocenters. The Morgan fingerprint density at radius 3 is 2.50 bits per heavy atom. The summed E-state index contributed by atoms with van der Waals surface area (Å²) in [6, 6.07) is 3.26. The van der Waals surface area contributed by atoms with E-state index in [1.165, 1.54) is 6.07 Å². The van der Waals surface area contributed by atoms with E-state index in [2.05, 4.69) is 0 Å². The quantitative estimate of drug-likeness (QED) is 0.773. The van der Waals surface area contributed by atoms with Crippen molar-refractivity contribution in [3.05, 3.63) is 33.3 Å². The molecule has 14 heavy (non-hydrogen) atoms. The zero-order valence-corrected chi connectivity index (χ0v) is 8.51. The predicted molar refractivity (Wildman–Crippen MR) is 52.6 cm³/mol. The van der Waals surface area contributed by atoms with E-state index >= 15 is 0 Å². The van der Waals surface area contributed by atoms with E-state index in [0.29, 0.717) is 21.7 Å². The number of nitriles is 1. The summed E-state index contributed by atoms with van der Waals surface area (Å²) >= 11 is 5.90. The number of nitrogens with zero attached hydrogens (tertiary/aromatic N) is 1. The van der Waals surface area contributed by atoms with Crippen LogP contribution < -0.4 is 0 Å². The molecule has 0 unspecified atom stereocenters. The highest BCUT2D eigenvalue weighted by Gasteiger charge is 2.14. The summed E-state index contributed by atoms with van der Waals surface area (Å²) in [5.41, 5.74) is 1.50. The molecular formula is C10H8ClNO2. The maximum Gasteiger partial charge on any atom is 0.336 e. The number of rotatable bonds is 1. The Kier molecular flexibility index (Phi) is 2.78. The monoisotopic (exact) mass is 209 g/mol. The average molecular weight is 210 g/mol. The molecule has 1 N–H and O–H groups in total. The molecule has 72 valence electrons. The van der Waals surface area contributed by atoms with Gasteiger partial charge >= 0.3 is 5.97 Å². The van der Waals surface area contributed by atoms with Gasteiger partial charge < -0.3 is 5.11 Å². The minimum absolute atomic E-state index is 0.0807. The second kappa shape index (κ2) is 3.69. The van der Waals surface area contributed by atoms with Crippen molar-refractivity contribution in [2.75, 3.05) is 0 Å². The second-order valence-electron chi connectivity index (χ2n) is 2.95. The van der Waals surface area contributed by atoms with Gasteiger partial charge in [-0.25, -0.2) is 4.79 Å². The maximum absolute atomic E-state index is 10.8. The van der Waals surface area contributed by atoms with E-state index in [1.54, 1.807) is 13.8 Å². The van der Waals surface area contributed by atoms with Crippen molar-refractivity contribution in [1.29, 1.82) is 5.26 Å². The van der Waals surface area contributed by atoms with Crippen molar-refractivity contribution < 1.29 is 9.90 Å². The van der Waals surface area contributed by atoms with Crippen LogP contribution in [-0.4, -0.2) is 11.1 Å². The fraction of sp³-hybridized carbons (Fsp3) is 0.200. The molecule has 1 rings (SSSR count). The lowest BCUT2D eigenvalue weighted by molar-refractivity contribution is 0.0696. The lowest BCUT2D eigenvalue weighted by atomic mass is 10.0. The van der Waals surface area contributed by atoms with E-state index in [4.69, 9.17) is 22.0 Å². The Bertz CT molecular complexity index is 446. The summed E-state index contributed by atoms with van der Waals surface area (Å²) in [6.07, 6.45) is 0. The smallest absolute Gasteiger partial charge is 0.336 e. The van der Waals surface area contributed by atoms with Gasteiger partial charge in [-0.2, -0.15) is 5.26 Å². The molecule has 4 heteroatoms. The molecule has 0 bridgehead atoms. The normalized spacial score (nSPS) is 9.57. The Balaban J connectivity index is 3.59. The van der Waals surface area contributed by atoms with Crippen LogP contribution in [0.1, 0.15) is 27.0 Å². The Hall–Kier alpha value is -1.53. The molecule has 0 spiro atoms. The number of carboxylic acid groups (broad SMARTS) is 1. The zero-order chi connectivity index (χ0) is 10.9. The van der Waals surface area contributed by atoms with Crippen LogP contribution in [0.3, 0.4) is 0 Å². The molecule has 0 aliphatic heterocycles. The SMILES string of the molecule is Cc1c(C#N)cc(C(=O)O)c(C)c1Cl. The first-order valence-corrected chi connectivity index (χ1v) is 4.30. The molecule has 3 nitrogen and oxygen atoms in total. The van der Waals surface area contributed by atoms with Gasteiger partial charge in [-0.15, -0.1) is 0 Å². The molecule has 0 saturated heterocycles. The minimum atomic E-state index is -1.07. The van der Waals surface area contributed by atoms with Gasteiger partial charge in [-0.3, -0.25) is 0 Å². The van der Waals surface area contributed by atoms with E-state index in [9.17, 15) is 4.79 Å². The van der Waals surface area contributed by atoms with Crippen molar-refractivity contribution in [2.45, 2.75) is 13.8 Å². The summed E-state index contributed by atoms with van der Waals surface area (Å²) < 4.78 is 0. The maximum atomic E-state index is 10.8. The highest BCUT2D eigenvalue weighted by Crippen LogP contribution is 2.26. The van der Waals surface area contributed by atoms with Crippen LogP contribution in [0.15, 0.2) is 6.07 Å². The molecule has 1 aromatic carbocycles. The first kappa shape index (κ1) is 10.6. The molecule has 0 heterocycles. The highest BCUT2D eigenvalue weighted by molar-refractivity contribution is 6.32. The van der Waals surface area contributed by atoms with E-state index in [1.807, 2.05) is 6.07 Å². The molecule has 0 saturated carbocycles. The predicted octanol–water partition coefficient (Wildman–Crippen LogP) is 2.53. The summed E-state index contributed by atoms with van der Waals surface area (Å²) in [6.45, 7) is 3.32. The summed E-state index contributed by atoms with van der Waals surface area (Å²) in [4.78, 5) is 10.8. The van der Waals surface area contributed by atoms with Crippen LogP contribution in [0.4, 0.5) is 0 Å². The lowest BCUT2D eigenvalue weighted by Gasteiger charge is -2.07. The van der Waals surface area contributed by atoms with Crippen LogP contribution in [0.5, 0.6) is 0 Å². The molecule has 0 radical (unpaired) electrons. The number of benzene rings is 1. The minimum Gasteiger partial charge on any atom is -0.478 e. The van der Waals surface area contributed by atoms with Crippen molar-refractivity contribution in [3.63, 3.8) is 0 Å². The Labute approximate surface area is 86.5 Å². The molecule has 1 aromatic rings. The van der Waals surface area contributed by atoms with Gasteiger partial charge in [0.1, 0.15) is 0 Å². The number of hydrogen-bond donors (Lipinski definition) is 1. The first-order chi connectivity index (χ1) is 6.49. The number of carboxylic acids is 1. The fourth-order valence-electron chi connectivity index (χ4n) is 1.22. The van der Waals surface area contributed by atoms with Crippen LogP contribution in [0, 0.1) is 25.2 Å². The largest absolute Gasteiger partial charge is 0.478 e. The van der Waals surface area contributed by atoms with E-state index < -0.39 is 5.97 Å². The van der Waals surface area contributed by atoms with Crippen LogP contribution in [0.25, 0.3) is 0 Å². The van der Waals surface area contributed by atoms with E-state index in [0.717, 1.165) is 0 Å². The van der Waals surface area contributed by atoms with Gasteiger partial charge in [0, 0.05) is 5.02 Å². The summed E-state index contributed by atoms with van der Waals surface area (Å²) in [5.74, 6) is -1.07. The van der Waals surface area contributed by atoms with Crippen molar-refractivity contribution in [1.82, 2.24) is 0 Å². The standard InChI is InChI=1S/C10H8ClNO2/c1-5-7(4-12)3-8(10(13)14)6(2)9(5)11/h3H,1-2H3,(H,13,14). The molecule has 0 aliphatic rings. The van der Waals surface area contributed by atoms with Crippen LogP contribution in [-0.2, 0) is 0 Å². The third kappa shape index (κ3) is 1.57. The van der Waals surface area contributed by atoms with E-state index in [-0.39, 0.29) is 5.56 Å². The van der Waals surface area contributed by atoms with Gasteiger partial charge in [0.15, 0.2) is 0 Å². The van der Waals surface area contributed by atoms with Crippen molar-refractivity contribution >= 4 is 17.6 Å². The lowest BCUT2D eigenvalue weighted by Crippen LogP contribution is -2.02. The molecular weight excluding hydrogens is 202 g/mol. The molecule has 0 aromatic heterocycles. The van der Waals surface area contributed by atoms with Crippen molar-refractivity contribution in [3.8, 4) is 6.07 Å². The number of aromatic carboxylic acids is 1. The van der Waals surface area contributed by atoms with Crippen molar-refractivity contribution in [2.24, 2.45) is 0 Å². The van der Waals surface area contributed by atoms with Crippen LogP contribution in [0.2, 0.25) is 5.02 Å². The van der Waals surface area contributed by atoms with Gasteiger partial charge in [0.05, 0.1) is 17.2 Å². The third-order valence-corrected chi connectivity index (χ3v) is 2.67. The fourth-order valence-corrected chi connectivity index (χ4v) is 1.42. The molecule has 0 fully saturated rings. The topological polar surface area (TPSA) is 61.1 Å². The van der Waals surface area contributed by atoms with Crippen LogP contribution >= 0.6 is 11.6 Å². The number of halogens is 1. The molecule has 0 aliphatic carbocycles. The zero-order valence-electron chi connectivity index (χ0n) is 7.76. The first-order valence-electron chi connectivity index (χ1n) is 3.92. The van der Waals surface area contributed by atoms with Gasteiger partial charge in [-0.05, 0) is 31.0 Å². The summed E-state index contributed by atoms with van der Waals surface area (Å²) in [7, 11) is 0. The second-order valence-corrected chi connectivity index (χ2v) is 3.33. The summed E-state index contributed by atoms with van der Waals surface area (Å²) in [5, 5.41) is 17.9. The van der Waals surface area contributed by atoms with Gasteiger partial charge in [0.2, 0.25) is 0 Å². The number of carbonyl (C=O) groups is 1.